The number of ether oxygens (including phenoxy) is 1. The molecule has 2 aromatic heterocycles. The number of nitrogens with two attached hydrogens (primary N) is 3. The first-order chi connectivity index (χ1) is 17.6. The number of hydrazine groups is 1. The van der Waals surface area contributed by atoms with Crippen LogP contribution in [0.1, 0.15) is 30.1 Å². The average molecular weight is 525 g/mol. The predicted octanol–water partition coefficient (Wildman–Crippen LogP) is 2.76. The van der Waals surface area contributed by atoms with Crippen LogP contribution >= 0.6 is 0 Å². The molecule has 0 spiro atoms. The monoisotopic (exact) mass is 525 g/mol. The van der Waals surface area contributed by atoms with Gasteiger partial charge in [-0.05, 0) is 44.1 Å². The van der Waals surface area contributed by atoms with Crippen LogP contribution in [0.4, 0.5) is 33.5 Å². The van der Waals surface area contributed by atoms with E-state index in [2.05, 4.69) is 20.5 Å². The van der Waals surface area contributed by atoms with Crippen LogP contribution < -0.4 is 32.5 Å². The summed E-state index contributed by atoms with van der Waals surface area (Å²) in [6.45, 7) is 1.31. The second-order valence-electron chi connectivity index (χ2n) is 8.24. The van der Waals surface area contributed by atoms with E-state index < -0.39 is 29.2 Å². The molecule has 0 amide bonds. The Morgan fingerprint density at radius 2 is 1.92 bits per heavy atom. The molecule has 0 unspecified atom stereocenters. The average Bonchev–Trinajstić information content (AvgIpc) is 3.34. The van der Waals surface area contributed by atoms with Gasteiger partial charge in [0.1, 0.15) is 5.82 Å². The number of hydrazone groups is 1. The molecule has 0 saturated carbocycles. The molecule has 3 heterocycles. The Bertz CT molecular complexity index is 1320. The van der Waals surface area contributed by atoms with E-state index in [9.17, 15) is 22.0 Å². The van der Waals surface area contributed by atoms with Crippen LogP contribution in [-0.2, 0) is 6.18 Å². The number of nitrogen functional groups attached to an aromatic ring is 1. The molecule has 0 atom stereocenters. The Morgan fingerprint density at radius 1 is 1.22 bits per heavy atom. The number of anilines is 2. The number of nitrogens with zero attached hydrogens (tertiary/aromatic N) is 5. The van der Waals surface area contributed by atoms with Crippen molar-refractivity contribution >= 4 is 17.3 Å². The highest BCUT2D eigenvalue weighted by molar-refractivity contribution is 6.12. The number of amidine groups is 1. The molecule has 3 aromatic rings. The van der Waals surface area contributed by atoms with Crippen molar-refractivity contribution in [2.24, 2.45) is 16.8 Å². The summed E-state index contributed by atoms with van der Waals surface area (Å²) in [6.07, 6.45) is -1.10. The number of aromatic nitrogens is 3. The summed E-state index contributed by atoms with van der Waals surface area (Å²) < 4.78 is 76.7. The Hall–Kier alpha value is -3.98. The number of benzene rings is 1. The van der Waals surface area contributed by atoms with Crippen molar-refractivity contribution in [2.45, 2.75) is 25.1 Å². The lowest BCUT2D eigenvalue weighted by molar-refractivity contribution is -0.141. The molecule has 1 aliphatic heterocycles. The van der Waals surface area contributed by atoms with E-state index in [-0.39, 0.29) is 40.1 Å². The standard InChI is InChI=1S/C22H24F5N9O/c1-37-16-3-2-15(17(23)18(16)24)36(30)21(33-29)13-8-11(9-32-20(13)28)14-10-35(12-4-6-31-7-5-12)34-19(14)22(25,26)27/h2-3,8-10,12,31H,4-7,29-30H2,1H3,(H2,28,32)/b33-21-. The molecule has 1 saturated heterocycles. The number of methoxy groups -OCH3 is 1. The second kappa shape index (κ2) is 10.2. The lowest BCUT2D eigenvalue weighted by atomic mass is 10.0. The van der Waals surface area contributed by atoms with Crippen LogP contribution in [0.2, 0.25) is 0 Å². The highest BCUT2D eigenvalue weighted by Crippen LogP contribution is 2.38. The van der Waals surface area contributed by atoms with Crippen molar-refractivity contribution in [3.63, 3.8) is 0 Å². The van der Waals surface area contributed by atoms with E-state index in [1.54, 1.807) is 0 Å². The number of alkyl halides is 3. The van der Waals surface area contributed by atoms with Crippen molar-refractivity contribution in [2.75, 3.05) is 30.9 Å². The number of piperidine rings is 1. The minimum absolute atomic E-state index is 0.00681. The summed E-state index contributed by atoms with van der Waals surface area (Å²) in [4.78, 5) is 3.97. The van der Waals surface area contributed by atoms with Gasteiger partial charge in [-0.15, -0.1) is 0 Å². The normalized spacial score (nSPS) is 15.2. The smallest absolute Gasteiger partial charge is 0.435 e. The van der Waals surface area contributed by atoms with Gasteiger partial charge in [-0.1, -0.05) is 0 Å². The van der Waals surface area contributed by atoms with Gasteiger partial charge in [0.25, 0.3) is 0 Å². The van der Waals surface area contributed by atoms with Crippen molar-refractivity contribution in [1.82, 2.24) is 20.1 Å². The van der Waals surface area contributed by atoms with Crippen LogP contribution in [0.3, 0.4) is 0 Å². The summed E-state index contributed by atoms with van der Waals surface area (Å²) in [6, 6.07) is 3.25. The van der Waals surface area contributed by atoms with Crippen LogP contribution in [0.25, 0.3) is 11.1 Å². The van der Waals surface area contributed by atoms with Crippen molar-refractivity contribution in [1.29, 1.82) is 0 Å². The number of hydrogen-bond acceptors (Lipinski definition) is 8. The first-order valence-corrected chi connectivity index (χ1v) is 11.0. The number of halogens is 5. The van der Waals surface area contributed by atoms with Crippen LogP contribution in [0.15, 0.2) is 35.7 Å². The summed E-state index contributed by atoms with van der Waals surface area (Å²) in [5, 5.41) is 11.1. The Kier molecular flexibility index (Phi) is 7.18. The van der Waals surface area contributed by atoms with Gasteiger partial charge in [0.05, 0.1) is 24.4 Å². The van der Waals surface area contributed by atoms with Crippen molar-refractivity contribution < 1.29 is 26.7 Å². The Morgan fingerprint density at radius 3 is 2.54 bits per heavy atom. The van der Waals surface area contributed by atoms with Gasteiger partial charge in [-0.25, -0.2) is 15.2 Å². The fourth-order valence-corrected chi connectivity index (χ4v) is 4.11. The van der Waals surface area contributed by atoms with E-state index in [0.717, 1.165) is 25.4 Å². The molecule has 7 N–H and O–H groups in total. The number of hydrogen-bond donors (Lipinski definition) is 4. The number of pyridine rings is 1. The van der Waals surface area contributed by atoms with Gasteiger partial charge >= 0.3 is 6.18 Å². The van der Waals surface area contributed by atoms with E-state index >= 15 is 0 Å². The maximum Gasteiger partial charge on any atom is 0.435 e. The molecular weight excluding hydrogens is 501 g/mol. The minimum atomic E-state index is -4.76. The molecule has 0 bridgehead atoms. The molecule has 10 nitrogen and oxygen atoms in total. The molecule has 0 aliphatic carbocycles. The predicted molar refractivity (Wildman–Crippen MR) is 126 cm³/mol. The van der Waals surface area contributed by atoms with Gasteiger partial charge in [-0.2, -0.15) is 27.8 Å². The first kappa shape index (κ1) is 26.1. The molecule has 1 aromatic carbocycles. The highest BCUT2D eigenvalue weighted by atomic mass is 19.4. The molecule has 15 heteroatoms. The molecule has 4 rings (SSSR count). The Labute approximate surface area is 207 Å². The second-order valence-corrected chi connectivity index (χ2v) is 8.24. The third kappa shape index (κ3) is 4.99. The molecule has 198 valence electrons. The molecular formula is C22H24F5N9O. The third-order valence-corrected chi connectivity index (χ3v) is 6.01. The van der Waals surface area contributed by atoms with Crippen molar-refractivity contribution in [3.8, 4) is 16.9 Å². The van der Waals surface area contributed by atoms with Crippen molar-refractivity contribution in [3.05, 3.63) is 53.5 Å². The van der Waals surface area contributed by atoms with Crippen LogP contribution in [0, 0.1) is 11.6 Å². The van der Waals surface area contributed by atoms with Gasteiger partial charge in [0.2, 0.25) is 5.82 Å². The lowest BCUT2D eigenvalue weighted by Crippen LogP contribution is -2.40. The molecule has 0 radical (unpaired) electrons. The highest BCUT2D eigenvalue weighted by Gasteiger charge is 2.38. The van der Waals surface area contributed by atoms with Crippen LogP contribution in [0.5, 0.6) is 5.75 Å². The van der Waals surface area contributed by atoms with E-state index in [0.29, 0.717) is 30.9 Å². The van der Waals surface area contributed by atoms with Gasteiger partial charge in [0, 0.05) is 23.5 Å². The minimum Gasteiger partial charge on any atom is -0.494 e. The zero-order valence-corrected chi connectivity index (χ0v) is 19.6. The molecule has 1 aliphatic rings. The molecule has 37 heavy (non-hydrogen) atoms. The number of nitrogens with one attached hydrogen (secondary N) is 1. The fourth-order valence-electron chi connectivity index (χ4n) is 4.11. The Balaban J connectivity index is 1.78. The summed E-state index contributed by atoms with van der Waals surface area (Å²) in [5.74, 6) is 7.84. The lowest BCUT2D eigenvalue weighted by Gasteiger charge is -2.23. The fraction of sp³-hybridized carbons (Fsp3) is 0.318. The first-order valence-electron chi connectivity index (χ1n) is 11.0. The SMILES string of the molecule is COc1ccc(N(N)/C(=N\N)c2cc(-c3cn(C4CCNCC4)nc3C(F)(F)F)cnc2N)c(F)c1F. The third-order valence-electron chi connectivity index (χ3n) is 6.01. The maximum atomic E-state index is 14.7. The van der Waals surface area contributed by atoms with Gasteiger partial charge in [-0.3, -0.25) is 9.69 Å². The van der Waals surface area contributed by atoms with E-state index in [1.807, 2.05) is 0 Å². The van der Waals surface area contributed by atoms with Gasteiger partial charge in [0.15, 0.2) is 23.1 Å². The quantitative estimate of drug-likeness (QED) is 0.131. The number of rotatable bonds is 5. The maximum absolute atomic E-state index is 14.7. The van der Waals surface area contributed by atoms with E-state index in [4.69, 9.17) is 22.2 Å². The largest absolute Gasteiger partial charge is 0.494 e. The summed E-state index contributed by atoms with van der Waals surface area (Å²) in [5.41, 5.74) is 3.99. The van der Waals surface area contributed by atoms with E-state index in [1.165, 1.54) is 16.9 Å². The summed E-state index contributed by atoms with van der Waals surface area (Å²) >= 11 is 0. The molecule has 1 fully saturated rings. The van der Waals surface area contributed by atoms with Gasteiger partial charge < -0.3 is 21.6 Å². The summed E-state index contributed by atoms with van der Waals surface area (Å²) in [7, 11) is 1.16. The zero-order valence-electron chi connectivity index (χ0n) is 19.6. The van der Waals surface area contributed by atoms with Crippen LogP contribution in [-0.4, -0.2) is 40.8 Å². The zero-order chi connectivity index (χ0) is 26.9. The topological polar surface area (TPSA) is 146 Å².